The average molecular weight is 329 g/mol. The number of anilines is 1. The molecule has 2 amide bonds. The molecule has 5 heteroatoms. The van der Waals surface area contributed by atoms with Crippen LogP contribution >= 0.6 is 0 Å². The maximum atomic E-state index is 12.3. The Hall–Kier alpha value is -2.04. The van der Waals surface area contributed by atoms with Crippen molar-refractivity contribution in [1.29, 1.82) is 0 Å². The van der Waals surface area contributed by atoms with Crippen molar-refractivity contribution in [3.8, 4) is 0 Å². The quantitative estimate of drug-likeness (QED) is 0.832. The van der Waals surface area contributed by atoms with Crippen LogP contribution < -0.4 is 10.2 Å². The number of nitrogens with zero attached hydrogens (tertiary/aromatic N) is 2. The van der Waals surface area contributed by atoms with Crippen LogP contribution in [0.3, 0.4) is 0 Å². The lowest BCUT2D eigenvalue weighted by molar-refractivity contribution is -0.129. The third kappa shape index (κ3) is 3.89. The molecule has 3 rings (SSSR count). The number of hydrogen-bond acceptors (Lipinski definition) is 3. The smallest absolute Gasteiger partial charge is 0.225 e. The van der Waals surface area contributed by atoms with E-state index in [0.717, 1.165) is 25.9 Å². The SMILES string of the molecule is CCN(CCNC(=O)[C@H]1CC(=O)N(C2CC2)C1)c1cccc(C)c1. The number of nitrogens with one attached hydrogen (secondary N) is 1. The van der Waals surface area contributed by atoms with Crippen molar-refractivity contribution in [2.24, 2.45) is 5.92 Å². The molecule has 0 aromatic heterocycles. The molecule has 1 atom stereocenters. The highest BCUT2D eigenvalue weighted by atomic mass is 16.2. The number of carbonyl (C=O) groups is 2. The van der Waals surface area contributed by atoms with Crippen LogP contribution in [-0.2, 0) is 9.59 Å². The van der Waals surface area contributed by atoms with Crippen LogP contribution in [0.2, 0.25) is 0 Å². The fourth-order valence-electron chi connectivity index (χ4n) is 3.40. The van der Waals surface area contributed by atoms with Crippen molar-refractivity contribution < 1.29 is 9.59 Å². The summed E-state index contributed by atoms with van der Waals surface area (Å²) in [6.45, 7) is 7.09. The molecule has 1 saturated carbocycles. The van der Waals surface area contributed by atoms with Crippen molar-refractivity contribution in [3.05, 3.63) is 29.8 Å². The lowest BCUT2D eigenvalue weighted by atomic mass is 10.1. The molecule has 0 unspecified atom stereocenters. The average Bonchev–Trinajstić information content (AvgIpc) is 3.33. The van der Waals surface area contributed by atoms with E-state index in [9.17, 15) is 9.59 Å². The number of likely N-dealkylation sites (N-methyl/N-ethyl adjacent to an activating group) is 1. The molecule has 1 saturated heterocycles. The van der Waals surface area contributed by atoms with E-state index in [1.54, 1.807) is 0 Å². The van der Waals surface area contributed by atoms with Crippen LogP contribution in [0, 0.1) is 12.8 Å². The van der Waals surface area contributed by atoms with E-state index >= 15 is 0 Å². The van der Waals surface area contributed by atoms with E-state index < -0.39 is 0 Å². The van der Waals surface area contributed by atoms with E-state index in [0.29, 0.717) is 25.6 Å². The van der Waals surface area contributed by atoms with Gasteiger partial charge < -0.3 is 15.1 Å². The zero-order valence-corrected chi connectivity index (χ0v) is 14.6. The number of benzene rings is 1. The number of likely N-dealkylation sites (tertiary alicyclic amines) is 1. The van der Waals surface area contributed by atoms with E-state index in [1.165, 1.54) is 11.3 Å². The van der Waals surface area contributed by atoms with Gasteiger partial charge in [0.05, 0.1) is 5.92 Å². The fourth-order valence-corrected chi connectivity index (χ4v) is 3.40. The summed E-state index contributed by atoms with van der Waals surface area (Å²) in [6, 6.07) is 8.81. The zero-order chi connectivity index (χ0) is 17.1. The summed E-state index contributed by atoms with van der Waals surface area (Å²) < 4.78 is 0. The lowest BCUT2D eigenvalue weighted by Crippen LogP contribution is -2.38. The monoisotopic (exact) mass is 329 g/mol. The number of aryl methyl sites for hydroxylation is 1. The highest BCUT2D eigenvalue weighted by Crippen LogP contribution is 2.32. The first-order valence-corrected chi connectivity index (χ1v) is 8.97. The topological polar surface area (TPSA) is 52.7 Å². The molecule has 5 nitrogen and oxygen atoms in total. The second-order valence-corrected chi connectivity index (χ2v) is 6.89. The summed E-state index contributed by atoms with van der Waals surface area (Å²) >= 11 is 0. The molecule has 130 valence electrons. The maximum Gasteiger partial charge on any atom is 0.225 e. The Morgan fingerprint density at radius 1 is 1.38 bits per heavy atom. The van der Waals surface area contributed by atoms with E-state index in [2.05, 4.69) is 48.3 Å². The second kappa shape index (κ2) is 7.24. The van der Waals surface area contributed by atoms with E-state index in [4.69, 9.17) is 0 Å². The van der Waals surface area contributed by atoms with Gasteiger partial charge in [0.15, 0.2) is 0 Å². The number of rotatable bonds is 7. The first-order chi connectivity index (χ1) is 11.6. The van der Waals surface area contributed by atoms with Gasteiger partial charge in [-0.3, -0.25) is 9.59 Å². The third-order valence-corrected chi connectivity index (χ3v) is 4.95. The van der Waals surface area contributed by atoms with Crippen LogP contribution in [0.15, 0.2) is 24.3 Å². The van der Waals surface area contributed by atoms with Gasteiger partial charge in [-0.1, -0.05) is 12.1 Å². The Labute approximate surface area is 144 Å². The van der Waals surface area contributed by atoms with Gasteiger partial charge in [-0.05, 0) is 44.4 Å². The van der Waals surface area contributed by atoms with Crippen LogP contribution in [0.1, 0.15) is 31.7 Å². The Balaban J connectivity index is 1.46. The zero-order valence-electron chi connectivity index (χ0n) is 14.6. The van der Waals surface area contributed by atoms with Crippen molar-refractivity contribution in [1.82, 2.24) is 10.2 Å². The largest absolute Gasteiger partial charge is 0.370 e. The van der Waals surface area contributed by atoms with Gasteiger partial charge in [0, 0.05) is 44.3 Å². The molecule has 0 spiro atoms. The Morgan fingerprint density at radius 2 is 2.17 bits per heavy atom. The second-order valence-electron chi connectivity index (χ2n) is 6.89. The maximum absolute atomic E-state index is 12.3. The molecular weight excluding hydrogens is 302 g/mol. The summed E-state index contributed by atoms with van der Waals surface area (Å²) in [5.74, 6) is -0.00784. The lowest BCUT2D eigenvalue weighted by Gasteiger charge is -2.24. The molecule has 0 bridgehead atoms. The fraction of sp³-hybridized carbons (Fsp3) is 0.579. The molecule has 0 radical (unpaired) electrons. The molecule has 24 heavy (non-hydrogen) atoms. The van der Waals surface area contributed by atoms with Gasteiger partial charge in [0.25, 0.3) is 0 Å². The first-order valence-electron chi connectivity index (χ1n) is 8.97. The summed E-state index contributed by atoms with van der Waals surface area (Å²) in [5, 5.41) is 3.01. The predicted octanol–water partition coefficient (Wildman–Crippen LogP) is 1.95. The van der Waals surface area contributed by atoms with Gasteiger partial charge in [0.1, 0.15) is 0 Å². The molecule has 1 aromatic rings. The van der Waals surface area contributed by atoms with Crippen molar-refractivity contribution >= 4 is 17.5 Å². The number of amides is 2. The predicted molar refractivity (Wildman–Crippen MR) is 94.9 cm³/mol. The number of hydrogen-bond donors (Lipinski definition) is 1. The minimum Gasteiger partial charge on any atom is -0.370 e. The van der Waals surface area contributed by atoms with Crippen molar-refractivity contribution in [2.45, 2.75) is 39.2 Å². The molecule has 2 aliphatic rings. The molecular formula is C19H27N3O2. The Bertz CT molecular complexity index is 612. The highest BCUT2D eigenvalue weighted by Gasteiger charge is 2.41. The standard InChI is InChI=1S/C19H27N3O2/c1-3-21(17-6-4-5-14(2)11-17)10-9-20-19(24)15-12-18(23)22(13-15)16-7-8-16/h4-6,11,15-16H,3,7-10,12-13H2,1-2H3,(H,20,24)/t15-/m0/s1. The van der Waals surface area contributed by atoms with Gasteiger partial charge >= 0.3 is 0 Å². The normalized spacial score (nSPS) is 20.3. The molecule has 1 N–H and O–H groups in total. The highest BCUT2D eigenvalue weighted by molar-refractivity contribution is 5.89. The minimum absolute atomic E-state index is 0.0202. The minimum atomic E-state index is -0.174. The molecule has 1 aliphatic carbocycles. The van der Waals surface area contributed by atoms with Crippen molar-refractivity contribution in [3.63, 3.8) is 0 Å². The summed E-state index contributed by atoms with van der Waals surface area (Å²) in [6.07, 6.45) is 2.57. The van der Waals surface area contributed by atoms with Gasteiger partial charge in [-0.25, -0.2) is 0 Å². The third-order valence-electron chi connectivity index (χ3n) is 4.95. The van der Waals surface area contributed by atoms with Gasteiger partial charge in [0.2, 0.25) is 11.8 Å². The van der Waals surface area contributed by atoms with E-state index in [-0.39, 0.29) is 17.7 Å². The first kappa shape index (κ1) is 16.8. The number of carbonyl (C=O) groups excluding carboxylic acids is 2. The summed E-state index contributed by atoms with van der Waals surface area (Å²) in [4.78, 5) is 28.4. The van der Waals surface area contributed by atoms with Gasteiger partial charge in [-0.2, -0.15) is 0 Å². The molecule has 1 heterocycles. The van der Waals surface area contributed by atoms with Crippen LogP contribution in [0.4, 0.5) is 5.69 Å². The van der Waals surface area contributed by atoms with Crippen LogP contribution in [0.25, 0.3) is 0 Å². The summed E-state index contributed by atoms with van der Waals surface area (Å²) in [7, 11) is 0. The van der Waals surface area contributed by atoms with Crippen LogP contribution in [0.5, 0.6) is 0 Å². The van der Waals surface area contributed by atoms with Gasteiger partial charge in [-0.15, -0.1) is 0 Å². The molecule has 1 aromatic carbocycles. The Morgan fingerprint density at radius 3 is 2.83 bits per heavy atom. The van der Waals surface area contributed by atoms with Crippen molar-refractivity contribution in [2.75, 3.05) is 31.1 Å². The Kier molecular flexibility index (Phi) is 5.07. The molecule has 2 fully saturated rings. The molecule has 1 aliphatic heterocycles. The van der Waals surface area contributed by atoms with E-state index in [1.807, 2.05) is 4.90 Å². The van der Waals surface area contributed by atoms with Crippen LogP contribution in [-0.4, -0.2) is 48.9 Å². The summed E-state index contributed by atoms with van der Waals surface area (Å²) in [5.41, 5.74) is 2.42.